The molecule has 1 atom stereocenters. The number of amides is 1. The molecule has 0 saturated carbocycles. The Morgan fingerprint density at radius 1 is 1.25 bits per heavy atom. The summed E-state index contributed by atoms with van der Waals surface area (Å²) in [7, 11) is 0. The van der Waals surface area contributed by atoms with Gasteiger partial charge < -0.3 is 5.32 Å². The number of hydrogen-bond acceptors (Lipinski definition) is 7. The summed E-state index contributed by atoms with van der Waals surface area (Å²) in [6.45, 7) is 3.95. The second-order valence-corrected chi connectivity index (χ2v) is 8.97. The van der Waals surface area contributed by atoms with Gasteiger partial charge in [0.25, 0.3) is 0 Å². The summed E-state index contributed by atoms with van der Waals surface area (Å²) in [5.41, 5.74) is 1.64. The number of rotatable bonds is 6. The maximum Gasteiger partial charge on any atom is 0.237 e. The number of benzene rings is 1. The van der Waals surface area contributed by atoms with Crippen LogP contribution in [0.25, 0.3) is 10.9 Å². The highest BCUT2D eigenvalue weighted by molar-refractivity contribution is 8.03. The largest absolute Gasteiger partial charge is 0.324 e. The van der Waals surface area contributed by atoms with Crippen molar-refractivity contribution in [1.82, 2.24) is 15.2 Å². The van der Waals surface area contributed by atoms with Crippen molar-refractivity contribution >= 4 is 57.4 Å². The molecular weight excluding hydrogens is 360 g/mol. The standard InChI is InChI=1S/C16H16N4OS3/c1-3-22-15-19-20-16(24-15)23-10(2)14(21)18-13-8-4-7-12-11(13)6-5-9-17-12/h4-10H,3H2,1-2H3,(H,18,21). The molecule has 8 heteroatoms. The summed E-state index contributed by atoms with van der Waals surface area (Å²) in [5, 5.41) is 11.9. The van der Waals surface area contributed by atoms with E-state index < -0.39 is 0 Å². The Morgan fingerprint density at radius 2 is 2.08 bits per heavy atom. The molecule has 0 bridgehead atoms. The van der Waals surface area contributed by atoms with E-state index in [9.17, 15) is 4.79 Å². The number of fused-ring (bicyclic) bond motifs is 1. The van der Waals surface area contributed by atoms with Crippen LogP contribution >= 0.6 is 34.9 Å². The van der Waals surface area contributed by atoms with Crippen molar-refractivity contribution in [3.8, 4) is 0 Å². The monoisotopic (exact) mass is 376 g/mol. The van der Waals surface area contributed by atoms with Crippen molar-refractivity contribution in [1.29, 1.82) is 0 Å². The summed E-state index contributed by atoms with van der Waals surface area (Å²) in [4.78, 5) is 16.8. The van der Waals surface area contributed by atoms with Gasteiger partial charge in [0.15, 0.2) is 8.68 Å². The molecule has 1 aromatic carbocycles. The third-order valence-electron chi connectivity index (χ3n) is 3.21. The van der Waals surface area contributed by atoms with Crippen molar-refractivity contribution in [3.05, 3.63) is 36.5 Å². The molecule has 1 amide bonds. The Morgan fingerprint density at radius 3 is 2.92 bits per heavy atom. The normalized spacial score (nSPS) is 12.2. The lowest BCUT2D eigenvalue weighted by molar-refractivity contribution is -0.115. The number of hydrogen-bond donors (Lipinski definition) is 1. The van der Waals surface area contributed by atoms with E-state index in [2.05, 4.69) is 27.4 Å². The van der Waals surface area contributed by atoms with E-state index in [1.807, 2.05) is 37.3 Å². The summed E-state index contributed by atoms with van der Waals surface area (Å²) in [6, 6.07) is 9.53. The Kier molecular flexibility index (Phi) is 5.70. The molecule has 0 fully saturated rings. The first kappa shape index (κ1) is 17.2. The molecule has 24 heavy (non-hydrogen) atoms. The Hall–Kier alpha value is -1.64. The fraction of sp³-hybridized carbons (Fsp3) is 0.250. The SMILES string of the molecule is CCSc1nnc(SC(C)C(=O)Nc2cccc3ncccc23)s1. The van der Waals surface area contributed by atoms with Crippen molar-refractivity contribution < 1.29 is 4.79 Å². The molecule has 2 aromatic heterocycles. The number of aromatic nitrogens is 3. The van der Waals surface area contributed by atoms with Crippen LogP contribution in [0.15, 0.2) is 45.2 Å². The van der Waals surface area contributed by atoms with E-state index in [0.717, 1.165) is 31.0 Å². The van der Waals surface area contributed by atoms with E-state index in [1.54, 1.807) is 18.0 Å². The highest BCUT2D eigenvalue weighted by Gasteiger charge is 2.18. The van der Waals surface area contributed by atoms with Gasteiger partial charge in [-0.05, 0) is 36.9 Å². The maximum atomic E-state index is 12.5. The second-order valence-electron chi connectivity index (χ2n) is 4.89. The van der Waals surface area contributed by atoms with Crippen LogP contribution in [-0.4, -0.2) is 32.1 Å². The van der Waals surface area contributed by atoms with Gasteiger partial charge in [-0.2, -0.15) is 0 Å². The smallest absolute Gasteiger partial charge is 0.237 e. The Labute approximate surface area is 152 Å². The number of nitrogens with zero attached hydrogens (tertiary/aromatic N) is 3. The van der Waals surface area contributed by atoms with Crippen molar-refractivity contribution in [2.75, 3.05) is 11.1 Å². The third-order valence-corrected chi connectivity index (χ3v) is 6.33. The predicted molar refractivity (Wildman–Crippen MR) is 102 cm³/mol. The molecular formula is C16H16N4OS3. The van der Waals surface area contributed by atoms with Crippen molar-refractivity contribution in [2.24, 2.45) is 0 Å². The van der Waals surface area contributed by atoms with Crippen LogP contribution in [0.3, 0.4) is 0 Å². The van der Waals surface area contributed by atoms with Crippen LogP contribution in [0, 0.1) is 0 Å². The number of carbonyl (C=O) groups is 1. The molecule has 0 aliphatic carbocycles. The molecule has 3 aromatic rings. The molecule has 0 spiro atoms. The summed E-state index contributed by atoms with van der Waals surface area (Å²) in [5.74, 6) is 0.904. The van der Waals surface area contributed by atoms with Gasteiger partial charge >= 0.3 is 0 Å². The maximum absolute atomic E-state index is 12.5. The topological polar surface area (TPSA) is 67.8 Å². The Bertz CT molecular complexity index is 847. The lowest BCUT2D eigenvalue weighted by Gasteiger charge is -2.12. The fourth-order valence-corrected chi connectivity index (χ4v) is 5.14. The first-order chi connectivity index (χ1) is 11.7. The van der Waals surface area contributed by atoms with Crippen LogP contribution in [0.2, 0.25) is 0 Å². The van der Waals surface area contributed by atoms with Gasteiger partial charge in [-0.15, -0.1) is 10.2 Å². The molecule has 0 aliphatic rings. The Balaban J connectivity index is 1.69. The van der Waals surface area contributed by atoms with Gasteiger partial charge in [-0.1, -0.05) is 47.9 Å². The number of carbonyl (C=O) groups excluding carboxylic acids is 1. The molecule has 1 unspecified atom stereocenters. The molecule has 1 N–H and O–H groups in total. The zero-order chi connectivity index (χ0) is 16.9. The average Bonchev–Trinajstić information content (AvgIpc) is 3.02. The zero-order valence-corrected chi connectivity index (χ0v) is 15.7. The average molecular weight is 377 g/mol. The van der Waals surface area contributed by atoms with Crippen LogP contribution in [-0.2, 0) is 4.79 Å². The molecule has 124 valence electrons. The summed E-state index contributed by atoms with van der Waals surface area (Å²) >= 11 is 4.61. The highest BCUT2D eigenvalue weighted by Crippen LogP contribution is 2.31. The van der Waals surface area contributed by atoms with Gasteiger partial charge in [0.2, 0.25) is 5.91 Å². The number of pyridine rings is 1. The first-order valence-electron chi connectivity index (χ1n) is 7.45. The number of thioether (sulfide) groups is 2. The third kappa shape index (κ3) is 4.06. The van der Waals surface area contributed by atoms with Crippen LogP contribution in [0.4, 0.5) is 5.69 Å². The number of anilines is 1. The van der Waals surface area contributed by atoms with Crippen LogP contribution in [0.1, 0.15) is 13.8 Å². The molecule has 3 rings (SSSR count). The fourth-order valence-electron chi connectivity index (χ4n) is 2.08. The lowest BCUT2D eigenvalue weighted by Crippen LogP contribution is -2.22. The highest BCUT2D eigenvalue weighted by atomic mass is 32.2. The van der Waals surface area contributed by atoms with Crippen LogP contribution in [0.5, 0.6) is 0 Å². The lowest BCUT2D eigenvalue weighted by atomic mass is 10.2. The van der Waals surface area contributed by atoms with E-state index in [0.29, 0.717) is 0 Å². The van der Waals surface area contributed by atoms with Crippen molar-refractivity contribution in [3.63, 3.8) is 0 Å². The van der Waals surface area contributed by atoms with Crippen molar-refractivity contribution in [2.45, 2.75) is 27.8 Å². The molecule has 0 aliphatic heterocycles. The minimum atomic E-state index is -0.260. The van der Waals surface area contributed by atoms with E-state index in [4.69, 9.17) is 0 Å². The molecule has 5 nitrogen and oxygen atoms in total. The minimum Gasteiger partial charge on any atom is -0.324 e. The van der Waals surface area contributed by atoms with Gasteiger partial charge in [0.1, 0.15) is 0 Å². The quantitative estimate of drug-likeness (QED) is 0.646. The van der Waals surface area contributed by atoms with E-state index in [-0.39, 0.29) is 11.2 Å². The molecule has 2 heterocycles. The first-order valence-corrected chi connectivity index (χ1v) is 10.1. The van der Waals surface area contributed by atoms with Gasteiger partial charge in [-0.25, -0.2) is 0 Å². The molecule has 0 radical (unpaired) electrons. The number of nitrogens with one attached hydrogen (secondary N) is 1. The summed E-state index contributed by atoms with van der Waals surface area (Å²) < 4.78 is 1.75. The molecule has 0 saturated heterocycles. The van der Waals surface area contributed by atoms with Gasteiger partial charge in [-0.3, -0.25) is 9.78 Å². The second kappa shape index (κ2) is 7.96. The minimum absolute atomic E-state index is 0.0590. The van der Waals surface area contributed by atoms with E-state index >= 15 is 0 Å². The summed E-state index contributed by atoms with van der Waals surface area (Å²) in [6.07, 6.45) is 1.74. The van der Waals surface area contributed by atoms with Gasteiger partial charge in [0, 0.05) is 11.6 Å². The van der Waals surface area contributed by atoms with E-state index in [1.165, 1.54) is 23.1 Å². The predicted octanol–water partition coefficient (Wildman–Crippen LogP) is 4.32. The van der Waals surface area contributed by atoms with Crippen LogP contribution < -0.4 is 5.32 Å². The van der Waals surface area contributed by atoms with Gasteiger partial charge in [0.05, 0.1) is 16.5 Å². The zero-order valence-electron chi connectivity index (χ0n) is 13.2.